The van der Waals surface area contributed by atoms with Crippen LogP contribution in [0, 0.1) is 23.1 Å². The van der Waals surface area contributed by atoms with Gasteiger partial charge in [0.05, 0.1) is 11.3 Å². The number of nitrogens with two attached hydrogens (primary N) is 1. The van der Waals surface area contributed by atoms with Gasteiger partial charge in [-0.1, -0.05) is 13.0 Å². The first-order chi connectivity index (χ1) is 8.00. The second-order valence-electron chi connectivity index (χ2n) is 4.90. The summed E-state index contributed by atoms with van der Waals surface area (Å²) >= 11 is 0. The van der Waals surface area contributed by atoms with E-state index in [4.69, 9.17) is 11.1 Å². The summed E-state index contributed by atoms with van der Waals surface area (Å²) in [6, 6.07) is 4.81. The highest BCUT2D eigenvalue weighted by molar-refractivity contribution is 6.00. The maximum Gasteiger partial charge on any atom is 0.136 e. The molecule has 0 radical (unpaired) electrons. The SMILES string of the molecule is CC1CC1CN(C)c1cccc(F)c1C(=N)N. The van der Waals surface area contributed by atoms with Crippen molar-refractivity contribution in [2.24, 2.45) is 17.6 Å². The lowest BCUT2D eigenvalue weighted by Crippen LogP contribution is -2.25. The van der Waals surface area contributed by atoms with Gasteiger partial charge in [-0.25, -0.2) is 4.39 Å². The number of amidine groups is 1. The molecule has 1 aliphatic rings. The summed E-state index contributed by atoms with van der Waals surface area (Å²) < 4.78 is 13.6. The van der Waals surface area contributed by atoms with Crippen molar-refractivity contribution >= 4 is 11.5 Å². The number of hydrogen-bond donors (Lipinski definition) is 2. The van der Waals surface area contributed by atoms with Gasteiger partial charge in [0.25, 0.3) is 0 Å². The highest BCUT2D eigenvalue weighted by Crippen LogP contribution is 2.39. The summed E-state index contributed by atoms with van der Waals surface area (Å²) in [6.45, 7) is 3.11. The van der Waals surface area contributed by atoms with Gasteiger partial charge in [0.1, 0.15) is 11.7 Å². The molecule has 3 nitrogen and oxygen atoms in total. The fraction of sp³-hybridized carbons (Fsp3) is 0.462. The second kappa shape index (κ2) is 4.35. The predicted molar refractivity (Wildman–Crippen MR) is 68.0 cm³/mol. The number of rotatable bonds is 4. The average Bonchev–Trinajstić information content (AvgIpc) is 2.93. The Morgan fingerprint density at radius 1 is 1.59 bits per heavy atom. The monoisotopic (exact) mass is 235 g/mol. The van der Waals surface area contributed by atoms with Crippen LogP contribution in [0.1, 0.15) is 18.9 Å². The van der Waals surface area contributed by atoms with Gasteiger partial charge >= 0.3 is 0 Å². The molecule has 0 aromatic heterocycles. The fourth-order valence-electron chi connectivity index (χ4n) is 2.20. The summed E-state index contributed by atoms with van der Waals surface area (Å²) in [5.74, 6) is 0.800. The zero-order chi connectivity index (χ0) is 12.6. The molecule has 0 bridgehead atoms. The van der Waals surface area contributed by atoms with Crippen molar-refractivity contribution in [1.82, 2.24) is 0 Å². The van der Waals surface area contributed by atoms with Crippen molar-refractivity contribution < 1.29 is 4.39 Å². The first-order valence-corrected chi connectivity index (χ1v) is 5.84. The van der Waals surface area contributed by atoms with Crippen molar-refractivity contribution in [1.29, 1.82) is 5.41 Å². The number of anilines is 1. The van der Waals surface area contributed by atoms with E-state index in [0.29, 0.717) is 11.6 Å². The Morgan fingerprint density at radius 2 is 2.24 bits per heavy atom. The molecule has 0 aliphatic heterocycles. The van der Waals surface area contributed by atoms with E-state index < -0.39 is 5.82 Å². The van der Waals surface area contributed by atoms with E-state index in [1.165, 1.54) is 12.5 Å². The van der Waals surface area contributed by atoms with Crippen molar-refractivity contribution in [2.45, 2.75) is 13.3 Å². The Bertz CT molecular complexity index is 444. The molecule has 4 heteroatoms. The highest BCUT2D eigenvalue weighted by Gasteiger charge is 2.33. The Balaban J connectivity index is 2.24. The van der Waals surface area contributed by atoms with Gasteiger partial charge in [-0.2, -0.15) is 0 Å². The van der Waals surface area contributed by atoms with Crippen LogP contribution in [0.25, 0.3) is 0 Å². The summed E-state index contributed by atoms with van der Waals surface area (Å²) in [5, 5.41) is 7.46. The molecule has 1 fully saturated rings. The van der Waals surface area contributed by atoms with Crippen molar-refractivity contribution in [3.05, 3.63) is 29.6 Å². The molecular weight excluding hydrogens is 217 g/mol. The van der Waals surface area contributed by atoms with Crippen LogP contribution in [-0.4, -0.2) is 19.4 Å². The Hall–Kier alpha value is -1.58. The Labute approximate surface area is 101 Å². The van der Waals surface area contributed by atoms with Gasteiger partial charge in [-0.15, -0.1) is 0 Å². The number of halogens is 1. The molecule has 1 aromatic carbocycles. The smallest absolute Gasteiger partial charge is 0.136 e. The van der Waals surface area contributed by atoms with Crippen LogP contribution in [0.5, 0.6) is 0 Å². The molecule has 1 saturated carbocycles. The molecule has 17 heavy (non-hydrogen) atoms. The van der Waals surface area contributed by atoms with Crippen LogP contribution in [0.4, 0.5) is 10.1 Å². The zero-order valence-electron chi connectivity index (χ0n) is 10.2. The number of nitrogen functional groups attached to an aromatic ring is 1. The molecule has 1 aromatic rings. The number of nitrogens with zero attached hydrogens (tertiary/aromatic N) is 1. The molecule has 2 atom stereocenters. The number of hydrogen-bond acceptors (Lipinski definition) is 2. The van der Waals surface area contributed by atoms with Crippen LogP contribution in [0.3, 0.4) is 0 Å². The summed E-state index contributed by atoms with van der Waals surface area (Å²) in [6.07, 6.45) is 1.23. The molecule has 92 valence electrons. The fourth-order valence-corrected chi connectivity index (χ4v) is 2.20. The minimum atomic E-state index is -0.425. The third-order valence-electron chi connectivity index (χ3n) is 3.46. The van der Waals surface area contributed by atoms with Gasteiger partial charge in [-0.3, -0.25) is 5.41 Å². The normalized spacial score (nSPS) is 22.3. The predicted octanol–water partition coefficient (Wildman–Crippen LogP) is 2.20. The third-order valence-corrected chi connectivity index (χ3v) is 3.46. The molecule has 0 amide bonds. The molecule has 0 spiro atoms. The first-order valence-electron chi connectivity index (χ1n) is 5.84. The summed E-state index contributed by atoms with van der Waals surface area (Å²) in [5.41, 5.74) is 6.36. The van der Waals surface area contributed by atoms with E-state index in [1.807, 2.05) is 18.0 Å². The molecular formula is C13H18FN3. The van der Waals surface area contributed by atoms with Gasteiger partial charge in [-0.05, 0) is 30.4 Å². The minimum absolute atomic E-state index is 0.211. The largest absolute Gasteiger partial charge is 0.384 e. The number of nitrogens with one attached hydrogen (secondary N) is 1. The average molecular weight is 235 g/mol. The standard InChI is InChI=1S/C13H18FN3/c1-8-6-9(8)7-17(2)11-5-3-4-10(14)12(11)13(15)16/h3-5,8-9H,6-7H2,1-2H3,(H3,15,16). The quantitative estimate of drug-likeness (QED) is 0.621. The van der Waals surface area contributed by atoms with Gasteiger partial charge in [0.15, 0.2) is 0 Å². The van der Waals surface area contributed by atoms with E-state index in [2.05, 4.69) is 6.92 Å². The van der Waals surface area contributed by atoms with Crippen LogP contribution >= 0.6 is 0 Å². The molecule has 2 unspecified atom stereocenters. The lowest BCUT2D eigenvalue weighted by molar-refractivity contribution is 0.623. The third kappa shape index (κ3) is 2.40. The second-order valence-corrected chi connectivity index (χ2v) is 4.90. The molecule has 0 heterocycles. The van der Waals surface area contributed by atoms with Gasteiger partial charge in [0.2, 0.25) is 0 Å². The maximum atomic E-state index is 13.6. The molecule has 3 N–H and O–H groups in total. The highest BCUT2D eigenvalue weighted by atomic mass is 19.1. The van der Waals surface area contributed by atoms with Crippen molar-refractivity contribution in [2.75, 3.05) is 18.5 Å². The van der Waals surface area contributed by atoms with Crippen LogP contribution in [0.2, 0.25) is 0 Å². The van der Waals surface area contributed by atoms with Gasteiger partial charge in [0, 0.05) is 13.6 Å². The zero-order valence-corrected chi connectivity index (χ0v) is 10.2. The van der Waals surface area contributed by atoms with E-state index in [0.717, 1.165) is 12.5 Å². The molecule has 0 saturated heterocycles. The van der Waals surface area contributed by atoms with E-state index in [9.17, 15) is 4.39 Å². The maximum absolute atomic E-state index is 13.6. The lowest BCUT2D eigenvalue weighted by atomic mass is 10.1. The van der Waals surface area contributed by atoms with Gasteiger partial charge < -0.3 is 10.6 Å². The van der Waals surface area contributed by atoms with E-state index in [1.54, 1.807) is 6.07 Å². The van der Waals surface area contributed by atoms with Crippen LogP contribution in [0.15, 0.2) is 18.2 Å². The topological polar surface area (TPSA) is 53.1 Å². The summed E-state index contributed by atoms with van der Waals surface area (Å²) in [7, 11) is 1.92. The van der Waals surface area contributed by atoms with Crippen LogP contribution in [-0.2, 0) is 0 Å². The van der Waals surface area contributed by atoms with E-state index >= 15 is 0 Å². The molecule has 2 rings (SSSR count). The van der Waals surface area contributed by atoms with Crippen LogP contribution < -0.4 is 10.6 Å². The minimum Gasteiger partial charge on any atom is -0.384 e. The van der Waals surface area contributed by atoms with Crippen molar-refractivity contribution in [3.8, 4) is 0 Å². The number of benzene rings is 1. The Kier molecular flexibility index (Phi) is 3.05. The van der Waals surface area contributed by atoms with E-state index in [-0.39, 0.29) is 11.4 Å². The molecule has 1 aliphatic carbocycles. The first kappa shape index (κ1) is 11.9. The summed E-state index contributed by atoms with van der Waals surface area (Å²) in [4.78, 5) is 1.99. The van der Waals surface area contributed by atoms with Crippen molar-refractivity contribution in [3.63, 3.8) is 0 Å². The Morgan fingerprint density at radius 3 is 2.76 bits per heavy atom. The lowest BCUT2D eigenvalue weighted by Gasteiger charge is -2.22.